The second kappa shape index (κ2) is 5.79. The highest BCUT2D eigenvalue weighted by atomic mass is 35.5. The van der Waals surface area contributed by atoms with E-state index < -0.39 is 0 Å². The van der Waals surface area contributed by atoms with Crippen LogP contribution < -0.4 is 10.1 Å². The van der Waals surface area contributed by atoms with Gasteiger partial charge in [0.15, 0.2) is 0 Å². The Morgan fingerprint density at radius 2 is 2.14 bits per heavy atom. The maximum atomic E-state index is 6.44. The maximum absolute atomic E-state index is 6.44. The van der Waals surface area contributed by atoms with Crippen LogP contribution in [0.1, 0.15) is 43.9 Å². The number of benzene rings is 1. The molecule has 2 heterocycles. The van der Waals surface area contributed by atoms with E-state index in [0.717, 1.165) is 55.4 Å². The van der Waals surface area contributed by atoms with Gasteiger partial charge in [-0.25, -0.2) is 0 Å². The van der Waals surface area contributed by atoms with E-state index in [-0.39, 0.29) is 5.60 Å². The number of hydrogen-bond acceptors (Lipinski definition) is 3. The lowest BCUT2D eigenvalue weighted by Crippen LogP contribution is -2.46. The Balaban J connectivity index is 2.05. The van der Waals surface area contributed by atoms with Crippen LogP contribution in [0.25, 0.3) is 0 Å². The Hall–Kier alpha value is -0.770. The van der Waals surface area contributed by atoms with Crippen LogP contribution >= 0.6 is 11.6 Å². The predicted octanol–water partition coefficient (Wildman–Crippen LogP) is 3.55. The zero-order chi connectivity index (χ0) is 15.0. The minimum Gasteiger partial charge on any atom is -0.485 e. The standard InChI is InChI=1S/C17H25ClN2O/c1-4-20(5-2)15-10-17(6-7-19-11-17)21-16-8-12(3)14(18)9-13(15)16/h8-9,15,19H,4-7,10-11H2,1-3H3. The summed E-state index contributed by atoms with van der Waals surface area (Å²) in [5, 5.41) is 4.31. The predicted molar refractivity (Wildman–Crippen MR) is 87.3 cm³/mol. The highest BCUT2D eigenvalue weighted by molar-refractivity contribution is 6.31. The molecule has 0 saturated carbocycles. The smallest absolute Gasteiger partial charge is 0.125 e. The molecule has 2 aliphatic rings. The first kappa shape index (κ1) is 15.1. The van der Waals surface area contributed by atoms with Crippen molar-refractivity contribution in [3.8, 4) is 5.75 Å². The third kappa shape index (κ3) is 2.67. The molecule has 1 aromatic carbocycles. The van der Waals surface area contributed by atoms with Gasteiger partial charge in [0.2, 0.25) is 0 Å². The first-order valence-electron chi connectivity index (χ1n) is 8.02. The fraction of sp³-hybridized carbons (Fsp3) is 0.647. The molecule has 1 fully saturated rings. The van der Waals surface area contributed by atoms with E-state index in [9.17, 15) is 0 Å². The molecule has 1 aromatic rings. The van der Waals surface area contributed by atoms with Crippen LogP contribution in [0.3, 0.4) is 0 Å². The largest absolute Gasteiger partial charge is 0.485 e. The van der Waals surface area contributed by atoms with E-state index in [1.807, 2.05) is 6.92 Å². The number of nitrogens with zero attached hydrogens (tertiary/aromatic N) is 1. The average molecular weight is 309 g/mol. The fourth-order valence-corrected chi connectivity index (χ4v) is 3.90. The number of ether oxygens (including phenoxy) is 1. The number of nitrogens with one attached hydrogen (secondary N) is 1. The van der Waals surface area contributed by atoms with Crippen LogP contribution in [0.2, 0.25) is 5.02 Å². The van der Waals surface area contributed by atoms with E-state index in [2.05, 4.69) is 36.2 Å². The number of halogens is 1. The zero-order valence-corrected chi connectivity index (χ0v) is 14.0. The molecule has 1 N–H and O–H groups in total. The molecule has 21 heavy (non-hydrogen) atoms. The van der Waals surface area contributed by atoms with E-state index in [0.29, 0.717) is 6.04 Å². The molecule has 0 bridgehead atoms. The SMILES string of the molecule is CCN(CC)C1CC2(CCNC2)Oc2cc(C)c(Cl)cc21. The van der Waals surface area contributed by atoms with Crippen LogP contribution in [0.4, 0.5) is 0 Å². The Morgan fingerprint density at radius 1 is 1.38 bits per heavy atom. The van der Waals surface area contributed by atoms with Crippen LogP contribution in [0, 0.1) is 6.92 Å². The van der Waals surface area contributed by atoms with Gasteiger partial charge >= 0.3 is 0 Å². The summed E-state index contributed by atoms with van der Waals surface area (Å²) in [6.45, 7) is 10.6. The number of aryl methyl sites for hydroxylation is 1. The summed E-state index contributed by atoms with van der Waals surface area (Å²) in [6, 6.07) is 4.64. The van der Waals surface area contributed by atoms with Crippen molar-refractivity contribution in [2.45, 2.75) is 45.3 Å². The second-order valence-electron chi connectivity index (χ2n) is 6.29. The lowest BCUT2D eigenvalue weighted by Gasteiger charge is -2.43. The quantitative estimate of drug-likeness (QED) is 0.924. The van der Waals surface area contributed by atoms with Crippen molar-refractivity contribution in [2.75, 3.05) is 26.2 Å². The van der Waals surface area contributed by atoms with E-state index in [1.165, 1.54) is 5.56 Å². The summed E-state index contributed by atoms with van der Waals surface area (Å²) < 4.78 is 6.44. The summed E-state index contributed by atoms with van der Waals surface area (Å²) in [6.07, 6.45) is 2.14. The van der Waals surface area contributed by atoms with Crippen LogP contribution in [0.5, 0.6) is 5.75 Å². The van der Waals surface area contributed by atoms with Crippen LogP contribution in [-0.4, -0.2) is 36.7 Å². The van der Waals surface area contributed by atoms with Gasteiger partial charge in [-0.3, -0.25) is 4.90 Å². The minimum absolute atomic E-state index is 0.0411. The summed E-state index contributed by atoms with van der Waals surface area (Å²) in [4.78, 5) is 2.52. The van der Waals surface area contributed by atoms with Gasteiger partial charge in [0, 0.05) is 36.0 Å². The van der Waals surface area contributed by atoms with Gasteiger partial charge in [-0.2, -0.15) is 0 Å². The first-order valence-corrected chi connectivity index (χ1v) is 8.40. The summed E-state index contributed by atoms with van der Waals surface area (Å²) >= 11 is 6.37. The maximum Gasteiger partial charge on any atom is 0.125 e. The molecule has 0 radical (unpaired) electrons. The average Bonchev–Trinajstić information content (AvgIpc) is 2.90. The van der Waals surface area contributed by atoms with Crippen molar-refractivity contribution >= 4 is 11.6 Å². The van der Waals surface area contributed by atoms with E-state index in [1.54, 1.807) is 0 Å². The normalized spacial score (nSPS) is 28.0. The third-order valence-corrected chi connectivity index (χ3v) is 5.41. The highest BCUT2D eigenvalue weighted by Crippen LogP contribution is 2.46. The van der Waals surface area contributed by atoms with Crippen molar-refractivity contribution in [2.24, 2.45) is 0 Å². The molecule has 0 aliphatic carbocycles. The molecule has 0 amide bonds. The molecule has 4 heteroatoms. The molecular formula is C17H25ClN2O. The van der Waals surface area contributed by atoms with E-state index in [4.69, 9.17) is 16.3 Å². The molecule has 1 saturated heterocycles. The van der Waals surface area contributed by atoms with Crippen molar-refractivity contribution < 1.29 is 4.74 Å². The number of fused-ring (bicyclic) bond motifs is 1. The van der Waals surface area contributed by atoms with Gasteiger partial charge < -0.3 is 10.1 Å². The minimum atomic E-state index is -0.0411. The topological polar surface area (TPSA) is 24.5 Å². The summed E-state index contributed by atoms with van der Waals surface area (Å²) in [5.41, 5.74) is 2.31. The van der Waals surface area contributed by atoms with Crippen LogP contribution in [0.15, 0.2) is 12.1 Å². The van der Waals surface area contributed by atoms with Gasteiger partial charge in [-0.1, -0.05) is 25.4 Å². The Bertz CT molecular complexity index is 522. The van der Waals surface area contributed by atoms with Crippen molar-refractivity contribution in [1.29, 1.82) is 0 Å². The molecule has 2 atom stereocenters. The molecule has 2 aliphatic heterocycles. The molecule has 3 nitrogen and oxygen atoms in total. The molecule has 3 rings (SSSR count). The highest BCUT2D eigenvalue weighted by Gasteiger charge is 2.44. The van der Waals surface area contributed by atoms with Gasteiger partial charge in [0.25, 0.3) is 0 Å². The summed E-state index contributed by atoms with van der Waals surface area (Å²) in [5.74, 6) is 1.03. The third-order valence-electron chi connectivity index (χ3n) is 5.00. The Morgan fingerprint density at radius 3 is 2.76 bits per heavy atom. The number of rotatable bonds is 3. The van der Waals surface area contributed by atoms with Gasteiger partial charge in [0.05, 0.1) is 0 Å². The van der Waals surface area contributed by atoms with Crippen LogP contribution in [-0.2, 0) is 0 Å². The van der Waals surface area contributed by atoms with Gasteiger partial charge in [-0.15, -0.1) is 0 Å². The molecule has 116 valence electrons. The molecule has 0 aromatic heterocycles. The molecular weight excluding hydrogens is 284 g/mol. The molecule has 2 unspecified atom stereocenters. The monoisotopic (exact) mass is 308 g/mol. The second-order valence-corrected chi connectivity index (χ2v) is 6.70. The van der Waals surface area contributed by atoms with Crippen molar-refractivity contribution in [3.05, 3.63) is 28.3 Å². The van der Waals surface area contributed by atoms with Gasteiger partial charge in [0.1, 0.15) is 11.4 Å². The summed E-state index contributed by atoms with van der Waals surface area (Å²) in [7, 11) is 0. The lowest BCUT2D eigenvalue weighted by molar-refractivity contribution is 0.0193. The van der Waals surface area contributed by atoms with Crippen molar-refractivity contribution in [3.63, 3.8) is 0 Å². The number of hydrogen-bond donors (Lipinski definition) is 1. The zero-order valence-electron chi connectivity index (χ0n) is 13.2. The first-order chi connectivity index (χ1) is 10.1. The van der Waals surface area contributed by atoms with Crippen molar-refractivity contribution in [1.82, 2.24) is 10.2 Å². The lowest BCUT2D eigenvalue weighted by atomic mass is 9.85. The fourth-order valence-electron chi connectivity index (χ4n) is 3.73. The molecule has 1 spiro atoms. The van der Waals surface area contributed by atoms with E-state index >= 15 is 0 Å². The Kier molecular flexibility index (Phi) is 4.17. The van der Waals surface area contributed by atoms with Gasteiger partial charge in [-0.05, 0) is 44.3 Å². The Labute approximate surface area is 132 Å².